The van der Waals surface area contributed by atoms with Gasteiger partial charge in [-0.05, 0) is 18.6 Å². The summed E-state index contributed by atoms with van der Waals surface area (Å²) in [5, 5.41) is 2.90. The lowest BCUT2D eigenvalue weighted by molar-refractivity contribution is 0.415. The number of nitrogens with two attached hydrogens (primary N) is 1. The fraction of sp³-hybridized carbons (Fsp3) is 0.364. The maximum absolute atomic E-state index is 11.8. The van der Waals surface area contributed by atoms with Crippen LogP contribution in [0.25, 0.3) is 0 Å². The molecule has 16 heavy (non-hydrogen) atoms. The summed E-state index contributed by atoms with van der Waals surface area (Å²) in [5.74, 6) is 1.02. The van der Waals surface area contributed by atoms with Crippen LogP contribution in [-0.4, -0.2) is 26.3 Å². The van der Waals surface area contributed by atoms with Gasteiger partial charge in [0.15, 0.2) is 5.96 Å². The molecule has 5 heteroatoms. The Kier molecular flexibility index (Phi) is 5.11. The van der Waals surface area contributed by atoms with Gasteiger partial charge in [0.05, 0.1) is 13.8 Å². The third-order valence-corrected chi connectivity index (χ3v) is 1.92. The van der Waals surface area contributed by atoms with E-state index in [2.05, 4.69) is 10.3 Å². The van der Waals surface area contributed by atoms with Crippen LogP contribution in [0.3, 0.4) is 0 Å². The van der Waals surface area contributed by atoms with Gasteiger partial charge in [0.2, 0.25) is 0 Å². The molecule has 0 fully saturated rings. The quantitative estimate of drug-likeness (QED) is 0.456. The molecule has 0 aliphatic carbocycles. The lowest BCUT2D eigenvalue weighted by Gasteiger charge is -2.06. The average Bonchev–Trinajstić information content (AvgIpc) is 2.29. The molecule has 0 saturated carbocycles. The summed E-state index contributed by atoms with van der Waals surface area (Å²) in [7, 11) is 1.60. The predicted octanol–water partition coefficient (Wildman–Crippen LogP) is 1.78. The van der Waals surface area contributed by atoms with Gasteiger partial charge in [-0.25, -0.2) is 0 Å². The van der Waals surface area contributed by atoms with E-state index in [-0.39, 0.29) is 12.6 Å². The molecule has 1 rings (SSSR count). The molecule has 0 spiro atoms. The van der Waals surface area contributed by atoms with Crippen LogP contribution in [0.5, 0.6) is 5.75 Å². The second kappa shape index (κ2) is 6.66. The molecule has 0 bridgehead atoms. The zero-order chi connectivity index (χ0) is 11.8. The molecule has 0 atom stereocenters. The number of ether oxygens (including phenoxy) is 1. The van der Waals surface area contributed by atoms with Gasteiger partial charge in [-0.1, -0.05) is 6.07 Å². The highest BCUT2D eigenvalue weighted by Crippen LogP contribution is 2.16. The number of hydrogen-bond acceptors (Lipinski definition) is 2. The number of aliphatic imine (C=N–C) groups is 1. The fourth-order valence-corrected chi connectivity index (χ4v) is 1.15. The Labute approximate surface area is 94.3 Å². The standard InChI is InChI=1S/C11H16FN3O/c1-16-10-5-2-4-9(8-10)15-11(13)14-7-3-6-12/h2,4-5,8H,3,6-7H2,1H3,(H3,13,14,15). The van der Waals surface area contributed by atoms with Crippen LogP contribution in [0.15, 0.2) is 29.3 Å². The third-order valence-electron chi connectivity index (χ3n) is 1.92. The summed E-state index contributed by atoms with van der Waals surface area (Å²) >= 11 is 0. The first kappa shape index (κ1) is 12.3. The topological polar surface area (TPSA) is 59.6 Å². The van der Waals surface area contributed by atoms with Crippen molar-refractivity contribution in [2.75, 3.05) is 25.6 Å². The van der Waals surface area contributed by atoms with E-state index < -0.39 is 0 Å². The van der Waals surface area contributed by atoms with Gasteiger partial charge in [-0.2, -0.15) is 0 Å². The molecule has 3 N–H and O–H groups in total. The van der Waals surface area contributed by atoms with E-state index >= 15 is 0 Å². The minimum absolute atomic E-state index is 0.279. The molecule has 4 nitrogen and oxygen atoms in total. The van der Waals surface area contributed by atoms with Crippen molar-refractivity contribution in [1.29, 1.82) is 0 Å². The first-order valence-electron chi connectivity index (χ1n) is 5.03. The van der Waals surface area contributed by atoms with E-state index in [1.54, 1.807) is 13.2 Å². The Morgan fingerprint density at radius 2 is 2.38 bits per heavy atom. The highest BCUT2D eigenvalue weighted by atomic mass is 19.1. The fourth-order valence-electron chi connectivity index (χ4n) is 1.15. The van der Waals surface area contributed by atoms with Crippen LogP contribution in [0.4, 0.5) is 10.1 Å². The van der Waals surface area contributed by atoms with Crippen molar-refractivity contribution < 1.29 is 9.13 Å². The van der Waals surface area contributed by atoms with Gasteiger partial charge in [0.1, 0.15) is 5.75 Å². The van der Waals surface area contributed by atoms with E-state index in [0.29, 0.717) is 13.0 Å². The lowest BCUT2D eigenvalue weighted by atomic mass is 10.3. The van der Waals surface area contributed by atoms with Crippen molar-refractivity contribution in [3.63, 3.8) is 0 Å². The number of alkyl halides is 1. The van der Waals surface area contributed by atoms with Crippen LogP contribution in [0.1, 0.15) is 6.42 Å². The van der Waals surface area contributed by atoms with Crippen molar-refractivity contribution in [2.24, 2.45) is 10.7 Å². The Balaban J connectivity index is 2.54. The van der Waals surface area contributed by atoms with Crippen molar-refractivity contribution in [1.82, 2.24) is 0 Å². The van der Waals surface area contributed by atoms with E-state index in [1.165, 1.54) is 0 Å². The van der Waals surface area contributed by atoms with E-state index in [1.807, 2.05) is 18.2 Å². The SMILES string of the molecule is COc1cccc(NC(N)=NCCCF)c1. The van der Waals surface area contributed by atoms with Gasteiger partial charge in [0.25, 0.3) is 0 Å². The molecule has 88 valence electrons. The summed E-state index contributed by atoms with van der Waals surface area (Å²) in [4.78, 5) is 3.97. The molecule has 1 aromatic rings. The molecule has 0 unspecified atom stereocenters. The van der Waals surface area contributed by atoms with Gasteiger partial charge in [-0.3, -0.25) is 9.38 Å². The molecule has 0 aliphatic rings. The predicted molar refractivity (Wildman–Crippen MR) is 63.7 cm³/mol. The zero-order valence-corrected chi connectivity index (χ0v) is 9.24. The maximum atomic E-state index is 11.8. The number of anilines is 1. The smallest absolute Gasteiger partial charge is 0.193 e. The number of methoxy groups -OCH3 is 1. The molecular weight excluding hydrogens is 209 g/mol. The van der Waals surface area contributed by atoms with Crippen LogP contribution >= 0.6 is 0 Å². The van der Waals surface area contributed by atoms with Crippen molar-refractivity contribution in [3.05, 3.63) is 24.3 Å². The molecule has 0 aromatic heterocycles. The van der Waals surface area contributed by atoms with Gasteiger partial charge in [0, 0.05) is 18.3 Å². The molecule has 0 amide bonds. The Hall–Kier alpha value is -1.78. The number of nitrogens with zero attached hydrogens (tertiary/aromatic N) is 1. The number of benzene rings is 1. The Bertz CT molecular complexity index is 355. The van der Waals surface area contributed by atoms with Crippen LogP contribution in [-0.2, 0) is 0 Å². The van der Waals surface area contributed by atoms with E-state index in [9.17, 15) is 4.39 Å². The van der Waals surface area contributed by atoms with Crippen molar-refractivity contribution in [2.45, 2.75) is 6.42 Å². The van der Waals surface area contributed by atoms with Crippen molar-refractivity contribution in [3.8, 4) is 5.75 Å². The van der Waals surface area contributed by atoms with Crippen LogP contribution in [0, 0.1) is 0 Å². The summed E-state index contributed by atoms with van der Waals surface area (Å²) in [6.07, 6.45) is 0.389. The van der Waals surface area contributed by atoms with Crippen LogP contribution < -0.4 is 15.8 Å². The number of nitrogens with one attached hydrogen (secondary N) is 1. The first-order valence-corrected chi connectivity index (χ1v) is 5.03. The second-order valence-corrected chi connectivity index (χ2v) is 3.17. The van der Waals surface area contributed by atoms with E-state index in [4.69, 9.17) is 10.5 Å². The summed E-state index contributed by atoms with van der Waals surface area (Å²) < 4.78 is 16.9. The molecule has 1 aromatic carbocycles. The van der Waals surface area contributed by atoms with E-state index in [0.717, 1.165) is 11.4 Å². The summed E-state index contributed by atoms with van der Waals surface area (Å²) in [6.45, 7) is 0.00917. The molecule has 0 radical (unpaired) electrons. The summed E-state index contributed by atoms with van der Waals surface area (Å²) in [5.41, 5.74) is 6.41. The highest BCUT2D eigenvalue weighted by molar-refractivity contribution is 5.92. The second-order valence-electron chi connectivity index (χ2n) is 3.17. The largest absolute Gasteiger partial charge is 0.497 e. The number of rotatable bonds is 5. The minimum atomic E-state index is -0.379. The van der Waals surface area contributed by atoms with Gasteiger partial charge < -0.3 is 15.8 Å². The molecular formula is C11H16FN3O. The molecule has 0 aliphatic heterocycles. The normalized spacial score (nSPS) is 11.2. The Morgan fingerprint density at radius 1 is 1.56 bits per heavy atom. The van der Waals surface area contributed by atoms with Crippen LogP contribution in [0.2, 0.25) is 0 Å². The number of halogens is 1. The lowest BCUT2D eigenvalue weighted by Crippen LogP contribution is -2.22. The molecule has 0 heterocycles. The van der Waals surface area contributed by atoms with Gasteiger partial charge >= 0.3 is 0 Å². The highest BCUT2D eigenvalue weighted by Gasteiger charge is 1.96. The maximum Gasteiger partial charge on any atom is 0.193 e. The third kappa shape index (κ3) is 4.16. The average molecular weight is 225 g/mol. The number of guanidine groups is 1. The van der Waals surface area contributed by atoms with Crippen molar-refractivity contribution >= 4 is 11.6 Å². The molecule has 0 saturated heterocycles. The summed E-state index contributed by atoms with van der Waals surface area (Å²) in [6, 6.07) is 7.33. The first-order chi connectivity index (χ1) is 7.76. The minimum Gasteiger partial charge on any atom is -0.497 e. The number of hydrogen-bond donors (Lipinski definition) is 2. The Morgan fingerprint density at radius 3 is 3.06 bits per heavy atom. The van der Waals surface area contributed by atoms with Gasteiger partial charge in [-0.15, -0.1) is 0 Å². The zero-order valence-electron chi connectivity index (χ0n) is 9.24. The monoisotopic (exact) mass is 225 g/mol.